The topological polar surface area (TPSA) is 55.9 Å². The summed E-state index contributed by atoms with van der Waals surface area (Å²) in [5.41, 5.74) is 4.23. The van der Waals surface area contributed by atoms with Gasteiger partial charge in [-0.1, -0.05) is 0 Å². The van der Waals surface area contributed by atoms with Gasteiger partial charge in [0.15, 0.2) is 0 Å². The summed E-state index contributed by atoms with van der Waals surface area (Å²) in [6, 6.07) is 1.55. The van der Waals surface area contributed by atoms with Crippen molar-refractivity contribution in [1.29, 1.82) is 0 Å². The normalized spacial score (nSPS) is 13.9. The van der Waals surface area contributed by atoms with Gasteiger partial charge in [0.2, 0.25) is 0 Å². The average molecular weight is 264 g/mol. The molecule has 1 rings (SSSR count). The maximum Gasteiger partial charge on any atom is 0.389 e. The van der Waals surface area contributed by atoms with Gasteiger partial charge in [0, 0.05) is 13.0 Å². The summed E-state index contributed by atoms with van der Waals surface area (Å²) in [6.45, 7) is 4.44. The number of nitrogens with one attached hydrogen (secondary N) is 1. The van der Waals surface area contributed by atoms with Crippen LogP contribution in [0.5, 0.6) is 0 Å². The Morgan fingerprint density at radius 1 is 1.50 bits per heavy atom. The van der Waals surface area contributed by atoms with Gasteiger partial charge in [-0.2, -0.15) is 18.3 Å². The maximum absolute atomic E-state index is 12.1. The molecular formula is C11H19F3N4. The molecule has 7 heteroatoms. The van der Waals surface area contributed by atoms with Crippen molar-refractivity contribution in [2.24, 2.45) is 5.84 Å². The standard InChI is InChI=1S/C11H19F3N4/c1-3-18-10(7-8(2)17-18)9(16-15)5-4-6-11(12,13)14/h7,9,16H,3-6,15H2,1-2H3. The molecule has 1 aromatic heterocycles. The Balaban J connectivity index is 2.65. The third-order valence-corrected chi connectivity index (χ3v) is 2.74. The van der Waals surface area contributed by atoms with Gasteiger partial charge >= 0.3 is 6.18 Å². The third kappa shape index (κ3) is 4.30. The minimum atomic E-state index is -4.11. The SMILES string of the molecule is CCn1nc(C)cc1C(CCCC(F)(F)F)NN. The quantitative estimate of drug-likeness (QED) is 0.613. The van der Waals surface area contributed by atoms with Crippen molar-refractivity contribution in [3.63, 3.8) is 0 Å². The van der Waals surface area contributed by atoms with Crippen molar-refractivity contribution in [3.05, 3.63) is 17.5 Å². The first kappa shape index (κ1) is 15.0. The Kier molecular flexibility index (Phi) is 5.15. The molecule has 0 aliphatic carbocycles. The molecule has 1 unspecified atom stereocenters. The molecule has 4 nitrogen and oxygen atoms in total. The number of alkyl halides is 3. The van der Waals surface area contributed by atoms with Gasteiger partial charge in [0.1, 0.15) is 0 Å². The Labute approximate surface area is 104 Å². The fraction of sp³-hybridized carbons (Fsp3) is 0.727. The van der Waals surface area contributed by atoms with E-state index in [9.17, 15) is 13.2 Å². The highest BCUT2D eigenvalue weighted by molar-refractivity contribution is 5.13. The molecule has 0 spiro atoms. The molecule has 0 aliphatic rings. The summed E-state index contributed by atoms with van der Waals surface area (Å²) in [5.74, 6) is 5.42. The fourth-order valence-electron chi connectivity index (χ4n) is 1.92. The summed E-state index contributed by atoms with van der Waals surface area (Å²) >= 11 is 0. The van der Waals surface area contributed by atoms with E-state index in [-0.39, 0.29) is 12.5 Å². The van der Waals surface area contributed by atoms with Crippen molar-refractivity contribution < 1.29 is 13.2 Å². The first-order chi connectivity index (χ1) is 8.37. The van der Waals surface area contributed by atoms with Crippen LogP contribution in [0.4, 0.5) is 13.2 Å². The minimum absolute atomic E-state index is 0.0479. The van der Waals surface area contributed by atoms with Crippen molar-refractivity contribution in [2.45, 2.75) is 51.9 Å². The molecule has 1 heterocycles. The molecule has 3 N–H and O–H groups in total. The van der Waals surface area contributed by atoms with E-state index in [1.807, 2.05) is 19.9 Å². The molecule has 1 atom stereocenters. The summed E-state index contributed by atoms with van der Waals surface area (Å²) in [6.07, 6.45) is -4.52. The molecule has 0 amide bonds. The zero-order valence-electron chi connectivity index (χ0n) is 10.6. The molecule has 18 heavy (non-hydrogen) atoms. The highest BCUT2D eigenvalue weighted by Crippen LogP contribution is 2.26. The van der Waals surface area contributed by atoms with Gasteiger partial charge < -0.3 is 0 Å². The summed E-state index contributed by atoms with van der Waals surface area (Å²) < 4.78 is 38.0. The molecule has 0 bridgehead atoms. The minimum Gasteiger partial charge on any atom is -0.271 e. The van der Waals surface area contributed by atoms with Gasteiger partial charge in [-0.15, -0.1) is 0 Å². The van der Waals surface area contributed by atoms with E-state index >= 15 is 0 Å². The Morgan fingerprint density at radius 2 is 2.17 bits per heavy atom. The molecule has 0 aliphatic heterocycles. The lowest BCUT2D eigenvalue weighted by atomic mass is 10.1. The monoisotopic (exact) mass is 264 g/mol. The Hall–Kier alpha value is -1.08. The molecule has 104 valence electrons. The predicted octanol–water partition coefficient (Wildman–Crippen LogP) is 2.45. The van der Waals surface area contributed by atoms with E-state index in [1.54, 1.807) is 4.68 Å². The van der Waals surface area contributed by atoms with Crippen LogP contribution in [0.25, 0.3) is 0 Å². The van der Waals surface area contributed by atoms with Gasteiger partial charge in [0.25, 0.3) is 0 Å². The number of nitrogens with two attached hydrogens (primary N) is 1. The van der Waals surface area contributed by atoms with Crippen LogP contribution >= 0.6 is 0 Å². The fourth-order valence-corrected chi connectivity index (χ4v) is 1.92. The van der Waals surface area contributed by atoms with Crippen LogP contribution in [0.2, 0.25) is 0 Å². The van der Waals surface area contributed by atoms with Crippen LogP contribution < -0.4 is 11.3 Å². The van der Waals surface area contributed by atoms with Gasteiger partial charge in [0.05, 0.1) is 17.4 Å². The first-order valence-electron chi connectivity index (χ1n) is 5.94. The lowest BCUT2D eigenvalue weighted by Gasteiger charge is -2.17. The number of hydrogen-bond donors (Lipinski definition) is 2. The van der Waals surface area contributed by atoms with Gasteiger partial charge in [-0.3, -0.25) is 16.0 Å². The Morgan fingerprint density at radius 3 is 2.67 bits per heavy atom. The summed E-state index contributed by atoms with van der Waals surface area (Å²) in [5, 5.41) is 4.25. The zero-order valence-corrected chi connectivity index (χ0v) is 10.6. The molecule has 0 saturated carbocycles. The third-order valence-electron chi connectivity index (χ3n) is 2.74. The molecule has 0 fully saturated rings. The summed E-state index contributed by atoms with van der Waals surface area (Å²) in [7, 11) is 0. The smallest absolute Gasteiger partial charge is 0.271 e. The van der Waals surface area contributed by atoms with E-state index in [0.29, 0.717) is 13.0 Å². The second-order valence-corrected chi connectivity index (χ2v) is 4.25. The second-order valence-electron chi connectivity index (χ2n) is 4.25. The molecular weight excluding hydrogens is 245 g/mol. The number of aryl methyl sites for hydroxylation is 2. The molecule has 0 saturated heterocycles. The first-order valence-corrected chi connectivity index (χ1v) is 5.94. The van der Waals surface area contributed by atoms with Crippen molar-refractivity contribution >= 4 is 0 Å². The predicted molar refractivity (Wildman–Crippen MR) is 62.6 cm³/mol. The Bertz CT molecular complexity index is 373. The second kappa shape index (κ2) is 6.19. The van der Waals surface area contributed by atoms with Crippen LogP contribution in [0, 0.1) is 6.92 Å². The molecule has 0 radical (unpaired) electrons. The zero-order chi connectivity index (χ0) is 13.8. The van der Waals surface area contributed by atoms with Crippen LogP contribution in [-0.2, 0) is 6.54 Å². The van der Waals surface area contributed by atoms with Crippen LogP contribution in [0.15, 0.2) is 6.07 Å². The van der Waals surface area contributed by atoms with Crippen LogP contribution in [0.1, 0.15) is 43.6 Å². The van der Waals surface area contributed by atoms with E-state index in [4.69, 9.17) is 5.84 Å². The number of aromatic nitrogens is 2. The highest BCUT2D eigenvalue weighted by Gasteiger charge is 2.27. The number of nitrogens with zero attached hydrogens (tertiary/aromatic N) is 2. The summed E-state index contributed by atoms with van der Waals surface area (Å²) in [4.78, 5) is 0. The highest BCUT2D eigenvalue weighted by atomic mass is 19.4. The van der Waals surface area contributed by atoms with Crippen molar-refractivity contribution in [1.82, 2.24) is 15.2 Å². The lowest BCUT2D eigenvalue weighted by molar-refractivity contribution is -0.135. The molecule has 1 aromatic rings. The van der Waals surface area contributed by atoms with E-state index < -0.39 is 12.6 Å². The largest absolute Gasteiger partial charge is 0.389 e. The van der Waals surface area contributed by atoms with Crippen molar-refractivity contribution in [3.8, 4) is 0 Å². The maximum atomic E-state index is 12.1. The number of rotatable bonds is 6. The van der Waals surface area contributed by atoms with Gasteiger partial charge in [-0.25, -0.2) is 0 Å². The average Bonchev–Trinajstić information content (AvgIpc) is 2.64. The number of hydrazine groups is 1. The van der Waals surface area contributed by atoms with Crippen molar-refractivity contribution in [2.75, 3.05) is 0 Å². The number of halogens is 3. The molecule has 0 aromatic carbocycles. The van der Waals surface area contributed by atoms with Crippen LogP contribution in [-0.4, -0.2) is 16.0 Å². The lowest BCUT2D eigenvalue weighted by Crippen LogP contribution is -2.30. The van der Waals surface area contributed by atoms with Gasteiger partial charge in [-0.05, 0) is 32.8 Å². The van der Waals surface area contributed by atoms with E-state index in [2.05, 4.69) is 10.5 Å². The van der Waals surface area contributed by atoms with Crippen LogP contribution in [0.3, 0.4) is 0 Å². The number of hydrogen-bond acceptors (Lipinski definition) is 3. The van der Waals surface area contributed by atoms with E-state index in [1.165, 1.54) is 0 Å². The van der Waals surface area contributed by atoms with E-state index in [0.717, 1.165) is 11.4 Å².